The van der Waals surface area contributed by atoms with E-state index in [2.05, 4.69) is 0 Å². The van der Waals surface area contributed by atoms with Crippen LogP contribution in [0.1, 0.15) is 0 Å². The van der Waals surface area contributed by atoms with E-state index in [1.54, 1.807) is 4.72 Å². The molecule has 5 N–H and O–H groups in total. The van der Waals surface area contributed by atoms with Crippen LogP contribution in [0.5, 0.6) is 0 Å². The lowest BCUT2D eigenvalue weighted by Crippen LogP contribution is -2.59. The lowest BCUT2D eigenvalue weighted by molar-refractivity contribution is -0.158. The third-order valence-corrected chi connectivity index (χ3v) is 2.71. The Bertz CT molecular complexity index is 305. The Morgan fingerprint density at radius 2 is 1.93 bits per heavy atom. The largest absolute Gasteiger partial charge is 0.394 e. The van der Waals surface area contributed by atoms with Crippen molar-refractivity contribution < 1.29 is 33.0 Å². The Kier molecular flexibility index (Phi) is 4.00. The first-order valence-electron chi connectivity index (χ1n) is 4.18. The Morgan fingerprint density at radius 3 is 2.40 bits per heavy atom. The summed E-state index contributed by atoms with van der Waals surface area (Å²) >= 11 is 0. The average molecular weight is 243 g/mol. The molecule has 0 unspecified atom stereocenters. The first kappa shape index (κ1) is 12.8. The molecule has 0 amide bonds. The van der Waals surface area contributed by atoms with Crippen molar-refractivity contribution >= 4 is 10.3 Å². The highest BCUT2D eigenvalue weighted by molar-refractivity contribution is 7.83. The van der Waals surface area contributed by atoms with Crippen LogP contribution in [0.3, 0.4) is 0 Å². The second-order valence-corrected chi connectivity index (χ2v) is 4.42. The van der Waals surface area contributed by atoms with Crippen LogP contribution < -0.4 is 4.72 Å². The van der Waals surface area contributed by atoms with E-state index in [-0.39, 0.29) is 6.61 Å². The maximum absolute atomic E-state index is 10.4. The highest BCUT2D eigenvalue weighted by atomic mass is 32.2. The minimum Gasteiger partial charge on any atom is -0.394 e. The molecular formula is C6H13NO7S. The molecule has 0 radical (unpaired) electrons. The minimum atomic E-state index is -4.47. The summed E-state index contributed by atoms with van der Waals surface area (Å²) in [5.41, 5.74) is 0. The van der Waals surface area contributed by atoms with Crippen LogP contribution in [0, 0.1) is 0 Å². The number of hydrogen-bond donors (Lipinski definition) is 5. The van der Waals surface area contributed by atoms with Crippen molar-refractivity contribution in [3.8, 4) is 0 Å². The second-order valence-electron chi connectivity index (χ2n) is 3.23. The van der Waals surface area contributed by atoms with Crippen molar-refractivity contribution in [3.05, 3.63) is 0 Å². The summed E-state index contributed by atoms with van der Waals surface area (Å²) in [5.74, 6) is 0. The average Bonchev–Trinajstić information content (AvgIpc) is 2.11. The summed E-state index contributed by atoms with van der Waals surface area (Å²) in [6, 6.07) is -1.14. The van der Waals surface area contributed by atoms with Gasteiger partial charge >= 0.3 is 10.3 Å². The molecule has 1 heterocycles. The Balaban J connectivity index is 2.64. The number of aliphatic hydroxyl groups excluding tert-OH is 3. The molecule has 15 heavy (non-hydrogen) atoms. The van der Waals surface area contributed by atoms with Crippen molar-refractivity contribution in [2.45, 2.75) is 24.4 Å². The molecule has 1 rings (SSSR count). The van der Waals surface area contributed by atoms with Crippen LogP contribution in [0.2, 0.25) is 0 Å². The van der Waals surface area contributed by atoms with Gasteiger partial charge in [0.2, 0.25) is 0 Å². The molecule has 1 fully saturated rings. The van der Waals surface area contributed by atoms with E-state index in [0.29, 0.717) is 0 Å². The van der Waals surface area contributed by atoms with Gasteiger partial charge in [0.25, 0.3) is 0 Å². The fourth-order valence-electron chi connectivity index (χ4n) is 1.34. The first-order valence-corrected chi connectivity index (χ1v) is 5.62. The van der Waals surface area contributed by atoms with Gasteiger partial charge in [-0.05, 0) is 0 Å². The molecule has 0 aliphatic carbocycles. The van der Waals surface area contributed by atoms with Gasteiger partial charge in [0.1, 0.15) is 18.3 Å². The van der Waals surface area contributed by atoms with Crippen LogP contribution in [0.25, 0.3) is 0 Å². The molecule has 90 valence electrons. The third kappa shape index (κ3) is 3.34. The zero-order valence-corrected chi connectivity index (χ0v) is 8.46. The normalized spacial score (nSPS) is 37.9. The molecule has 1 saturated heterocycles. The monoisotopic (exact) mass is 243 g/mol. The van der Waals surface area contributed by atoms with Gasteiger partial charge in [0, 0.05) is 0 Å². The molecule has 0 spiro atoms. The van der Waals surface area contributed by atoms with Crippen molar-refractivity contribution in [3.63, 3.8) is 0 Å². The van der Waals surface area contributed by atoms with Gasteiger partial charge in [-0.1, -0.05) is 0 Å². The fourth-order valence-corrected chi connectivity index (χ4v) is 1.93. The van der Waals surface area contributed by atoms with Gasteiger partial charge in [-0.2, -0.15) is 13.1 Å². The maximum Gasteiger partial charge on any atom is 0.333 e. The van der Waals surface area contributed by atoms with E-state index in [9.17, 15) is 18.6 Å². The Labute approximate surface area is 86.4 Å². The zero-order chi connectivity index (χ0) is 11.6. The molecule has 4 atom stereocenters. The highest BCUT2D eigenvalue weighted by Crippen LogP contribution is 2.15. The third-order valence-electron chi connectivity index (χ3n) is 2.11. The van der Waals surface area contributed by atoms with Gasteiger partial charge in [-0.3, -0.25) is 4.55 Å². The smallest absolute Gasteiger partial charge is 0.333 e. The number of rotatable bonds is 3. The number of ether oxygens (including phenoxy) is 1. The first-order chi connectivity index (χ1) is 6.85. The summed E-state index contributed by atoms with van der Waals surface area (Å²) in [5, 5.41) is 27.5. The molecule has 9 heteroatoms. The SMILES string of the molecule is O=S(=O)(O)N[C@H]1CO[C@H](CO)[C@@H](O)[C@@H]1O. The Morgan fingerprint density at radius 1 is 1.33 bits per heavy atom. The van der Waals surface area contributed by atoms with E-state index in [0.717, 1.165) is 0 Å². The maximum atomic E-state index is 10.4. The van der Waals surface area contributed by atoms with E-state index >= 15 is 0 Å². The zero-order valence-electron chi connectivity index (χ0n) is 7.65. The van der Waals surface area contributed by atoms with Crippen molar-refractivity contribution in [2.75, 3.05) is 13.2 Å². The molecule has 0 saturated carbocycles. The minimum absolute atomic E-state index is 0.247. The van der Waals surface area contributed by atoms with E-state index in [1.165, 1.54) is 0 Å². The molecule has 0 bridgehead atoms. The lowest BCUT2D eigenvalue weighted by Gasteiger charge is -2.36. The van der Waals surface area contributed by atoms with Gasteiger partial charge < -0.3 is 20.1 Å². The summed E-state index contributed by atoms with van der Waals surface area (Å²) in [7, 11) is -4.47. The standard InChI is InChI=1S/C6H13NO7S/c8-1-4-6(10)5(9)3(2-14-4)7-15(11,12)13/h3-10H,1-2H2,(H,11,12,13)/t3-,4+,5+,6+/m0/s1. The van der Waals surface area contributed by atoms with E-state index in [4.69, 9.17) is 14.4 Å². The van der Waals surface area contributed by atoms with E-state index in [1.807, 2.05) is 0 Å². The fraction of sp³-hybridized carbons (Fsp3) is 1.00. The predicted octanol–water partition coefficient (Wildman–Crippen LogP) is -3.14. The second kappa shape index (κ2) is 4.70. The topological polar surface area (TPSA) is 136 Å². The number of hydrogen-bond acceptors (Lipinski definition) is 6. The summed E-state index contributed by atoms with van der Waals surface area (Å²) in [6.45, 7) is -0.736. The molecule has 0 aromatic carbocycles. The Hall–Kier alpha value is -0.290. The van der Waals surface area contributed by atoms with Gasteiger partial charge in [-0.15, -0.1) is 0 Å². The van der Waals surface area contributed by atoms with Crippen LogP contribution in [-0.2, 0) is 15.0 Å². The van der Waals surface area contributed by atoms with Crippen LogP contribution >= 0.6 is 0 Å². The molecule has 1 aliphatic rings. The van der Waals surface area contributed by atoms with Crippen LogP contribution in [-0.4, -0.2) is 65.9 Å². The van der Waals surface area contributed by atoms with Gasteiger partial charge in [0.15, 0.2) is 0 Å². The quantitative estimate of drug-likeness (QED) is 0.330. The van der Waals surface area contributed by atoms with Crippen LogP contribution in [0.15, 0.2) is 0 Å². The van der Waals surface area contributed by atoms with Crippen molar-refractivity contribution in [1.29, 1.82) is 0 Å². The molecule has 1 aliphatic heterocycles. The lowest BCUT2D eigenvalue weighted by atomic mass is 9.99. The molecule has 0 aromatic heterocycles. The van der Waals surface area contributed by atoms with Gasteiger partial charge in [-0.25, -0.2) is 0 Å². The summed E-state index contributed by atoms with van der Waals surface area (Å²) < 4.78 is 35.9. The number of aliphatic hydroxyl groups is 3. The van der Waals surface area contributed by atoms with Crippen molar-refractivity contribution in [2.24, 2.45) is 0 Å². The molecule has 8 nitrogen and oxygen atoms in total. The summed E-state index contributed by atoms with van der Waals surface area (Å²) in [6.07, 6.45) is -3.82. The predicted molar refractivity (Wildman–Crippen MR) is 47.3 cm³/mol. The summed E-state index contributed by atoms with van der Waals surface area (Å²) in [4.78, 5) is 0. The molecular weight excluding hydrogens is 230 g/mol. The molecule has 0 aromatic rings. The highest BCUT2D eigenvalue weighted by Gasteiger charge is 2.39. The van der Waals surface area contributed by atoms with Gasteiger partial charge in [0.05, 0.1) is 19.3 Å². The number of nitrogens with one attached hydrogen (secondary N) is 1. The van der Waals surface area contributed by atoms with E-state index < -0.39 is 41.3 Å². The van der Waals surface area contributed by atoms with Crippen molar-refractivity contribution in [1.82, 2.24) is 4.72 Å². The van der Waals surface area contributed by atoms with Crippen LogP contribution in [0.4, 0.5) is 0 Å².